The van der Waals surface area contributed by atoms with Crippen molar-refractivity contribution >= 4 is 51.6 Å². The third-order valence-electron chi connectivity index (χ3n) is 5.79. The number of methoxy groups -OCH3 is 2. The van der Waals surface area contributed by atoms with E-state index in [2.05, 4.69) is 15.5 Å². The number of carbonyl (C=O) groups excluding carboxylic acids is 2. The van der Waals surface area contributed by atoms with Crippen molar-refractivity contribution in [3.63, 3.8) is 0 Å². The van der Waals surface area contributed by atoms with Crippen molar-refractivity contribution in [2.45, 2.75) is 25.1 Å². The molecule has 1 atom stereocenters. The van der Waals surface area contributed by atoms with Crippen LogP contribution in [0.4, 0.5) is 5.00 Å². The molecule has 2 heterocycles. The van der Waals surface area contributed by atoms with E-state index in [1.807, 2.05) is 50.5 Å². The molecule has 0 radical (unpaired) electrons. The number of esters is 1. The summed E-state index contributed by atoms with van der Waals surface area (Å²) >= 11 is 8.74. The van der Waals surface area contributed by atoms with Gasteiger partial charge >= 0.3 is 5.97 Å². The van der Waals surface area contributed by atoms with Crippen molar-refractivity contribution in [1.82, 2.24) is 14.8 Å². The van der Waals surface area contributed by atoms with E-state index in [0.717, 1.165) is 11.1 Å². The van der Waals surface area contributed by atoms with Crippen molar-refractivity contribution in [2.75, 3.05) is 25.3 Å². The van der Waals surface area contributed by atoms with E-state index in [9.17, 15) is 9.59 Å². The number of rotatable bonds is 10. The predicted molar refractivity (Wildman–Crippen MR) is 153 cm³/mol. The molecule has 4 rings (SSSR count). The second-order valence-corrected chi connectivity index (χ2v) is 10.7. The second-order valence-electron chi connectivity index (χ2n) is 8.50. The van der Waals surface area contributed by atoms with E-state index in [0.29, 0.717) is 43.6 Å². The number of anilines is 1. The first-order valence-corrected chi connectivity index (χ1v) is 14.0. The van der Waals surface area contributed by atoms with Crippen LogP contribution in [-0.4, -0.2) is 46.6 Å². The molecule has 1 unspecified atom stereocenters. The van der Waals surface area contributed by atoms with Gasteiger partial charge in [0.15, 0.2) is 17.1 Å². The zero-order valence-electron chi connectivity index (χ0n) is 22.0. The van der Waals surface area contributed by atoms with Crippen molar-refractivity contribution < 1.29 is 23.8 Å². The SMILES string of the molecule is COC(=O)c1c(-c2ccc(OC)cc2)csc1NC(=O)CSc1nnc(C(C)Oc2cc(C)ccc2Cl)n1C. The Labute approximate surface area is 239 Å². The number of aryl methyl sites for hydroxylation is 1. The van der Waals surface area contributed by atoms with Crippen LogP contribution in [0.15, 0.2) is 53.0 Å². The number of halogens is 1. The van der Waals surface area contributed by atoms with Gasteiger partial charge in [-0.25, -0.2) is 4.79 Å². The third-order valence-corrected chi connectivity index (χ3v) is 8.02. The zero-order chi connectivity index (χ0) is 28.1. The molecule has 0 aliphatic carbocycles. The minimum Gasteiger partial charge on any atom is -0.497 e. The summed E-state index contributed by atoms with van der Waals surface area (Å²) in [5, 5.41) is 14.6. The molecule has 12 heteroatoms. The number of hydrogen-bond acceptors (Lipinski definition) is 9. The fraction of sp³-hybridized carbons (Fsp3) is 0.259. The number of thiophene rings is 1. The zero-order valence-corrected chi connectivity index (χ0v) is 24.4. The fourth-order valence-electron chi connectivity index (χ4n) is 3.78. The molecule has 9 nitrogen and oxygen atoms in total. The molecule has 39 heavy (non-hydrogen) atoms. The summed E-state index contributed by atoms with van der Waals surface area (Å²) in [6, 6.07) is 12.9. The summed E-state index contributed by atoms with van der Waals surface area (Å²) in [6.07, 6.45) is -0.421. The summed E-state index contributed by atoms with van der Waals surface area (Å²) < 4.78 is 18.0. The van der Waals surface area contributed by atoms with E-state index in [1.54, 1.807) is 29.9 Å². The van der Waals surface area contributed by atoms with E-state index in [4.69, 9.17) is 25.8 Å². The maximum atomic E-state index is 12.9. The van der Waals surface area contributed by atoms with E-state index in [1.165, 1.54) is 30.2 Å². The topological polar surface area (TPSA) is 105 Å². The van der Waals surface area contributed by atoms with Gasteiger partial charge in [0.2, 0.25) is 5.91 Å². The first-order chi connectivity index (χ1) is 18.7. The smallest absolute Gasteiger partial charge is 0.341 e. The molecule has 0 bridgehead atoms. The first kappa shape index (κ1) is 28.5. The number of ether oxygens (including phenoxy) is 3. The Balaban J connectivity index is 1.43. The van der Waals surface area contributed by atoms with Gasteiger partial charge in [-0.2, -0.15) is 0 Å². The van der Waals surface area contributed by atoms with Gasteiger partial charge in [-0.05, 0) is 49.2 Å². The van der Waals surface area contributed by atoms with Crippen molar-refractivity contribution in [1.29, 1.82) is 0 Å². The minimum atomic E-state index is -0.536. The minimum absolute atomic E-state index is 0.0568. The molecule has 204 valence electrons. The van der Waals surface area contributed by atoms with E-state index >= 15 is 0 Å². The molecule has 0 aliphatic rings. The van der Waals surface area contributed by atoms with Crippen LogP contribution in [0.1, 0.15) is 34.8 Å². The highest BCUT2D eigenvalue weighted by Gasteiger charge is 2.23. The van der Waals surface area contributed by atoms with Crippen LogP contribution in [0.2, 0.25) is 5.02 Å². The highest BCUT2D eigenvalue weighted by atomic mass is 35.5. The lowest BCUT2D eigenvalue weighted by molar-refractivity contribution is -0.113. The van der Waals surface area contributed by atoms with Gasteiger partial charge in [-0.3, -0.25) is 4.79 Å². The first-order valence-electron chi connectivity index (χ1n) is 11.8. The molecule has 0 saturated carbocycles. The third kappa shape index (κ3) is 6.55. The second kappa shape index (κ2) is 12.5. The van der Waals surface area contributed by atoms with E-state index in [-0.39, 0.29) is 11.7 Å². The molecule has 1 amide bonds. The van der Waals surface area contributed by atoms with Crippen LogP contribution in [0.3, 0.4) is 0 Å². The molecular weight excluding hydrogens is 560 g/mol. The summed E-state index contributed by atoms with van der Waals surface area (Å²) in [4.78, 5) is 25.5. The molecule has 0 fully saturated rings. The van der Waals surface area contributed by atoms with Gasteiger partial charge in [0.05, 0.1) is 25.0 Å². The Morgan fingerprint density at radius 3 is 2.59 bits per heavy atom. The molecule has 0 saturated heterocycles. The lowest BCUT2D eigenvalue weighted by Crippen LogP contribution is -2.16. The fourth-order valence-corrected chi connectivity index (χ4v) is 5.63. The number of benzene rings is 2. The van der Waals surface area contributed by atoms with Crippen LogP contribution in [0, 0.1) is 6.92 Å². The van der Waals surface area contributed by atoms with Gasteiger partial charge in [-0.15, -0.1) is 21.5 Å². The van der Waals surface area contributed by atoms with Crippen molar-refractivity contribution in [3.05, 3.63) is 69.8 Å². The normalized spacial score (nSPS) is 11.6. The van der Waals surface area contributed by atoms with E-state index < -0.39 is 12.1 Å². The number of carbonyl (C=O) groups is 2. The van der Waals surface area contributed by atoms with Gasteiger partial charge < -0.3 is 24.1 Å². The molecular formula is C27H27ClN4O5S2. The van der Waals surface area contributed by atoms with Crippen molar-refractivity contribution in [3.8, 4) is 22.6 Å². The number of aromatic nitrogens is 3. The van der Waals surface area contributed by atoms with Gasteiger partial charge in [0, 0.05) is 18.0 Å². The predicted octanol–water partition coefficient (Wildman–Crippen LogP) is 6.17. The Kier molecular flexibility index (Phi) is 9.16. The molecule has 0 spiro atoms. The highest BCUT2D eigenvalue weighted by molar-refractivity contribution is 7.99. The molecule has 4 aromatic rings. The number of amides is 1. The maximum Gasteiger partial charge on any atom is 0.341 e. The summed E-state index contributed by atoms with van der Waals surface area (Å²) in [5.41, 5.74) is 2.79. The highest BCUT2D eigenvalue weighted by Crippen LogP contribution is 2.37. The Morgan fingerprint density at radius 2 is 1.90 bits per heavy atom. The number of nitrogens with one attached hydrogen (secondary N) is 1. The molecule has 1 N–H and O–H groups in total. The summed E-state index contributed by atoms with van der Waals surface area (Å²) in [7, 11) is 4.70. The van der Waals surface area contributed by atoms with Crippen molar-refractivity contribution in [2.24, 2.45) is 7.05 Å². The van der Waals surface area contributed by atoms with Gasteiger partial charge in [-0.1, -0.05) is 41.6 Å². The van der Waals surface area contributed by atoms with Crippen LogP contribution >= 0.6 is 34.7 Å². The quantitative estimate of drug-likeness (QED) is 0.174. The number of thioether (sulfide) groups is 1. The lowest BCUT2D eigenvalue weighted by Gasteiger charge is -2.15. The lowest BCUT2D eigenvalue weighted by atomic mass is 10.0. The Hall–Kier alpha value is -3.54. The average Bonchev–Trinajstić information content (AvgIpc) is 3.52. The average molecular weight is 587 g/mol. The molecule has 2 aromatic carbocycles. The molecule has 0 aliphatic heterocycles. The Bertz CT molecular complexity index is 1490. The number of hydrogen-bond donors (Lipinski definition) is 1. The van der Waals surface area contributed by atoms with Crippen LogP contribution < -0.4 is 14.8 Å². The molecule has 2 aromatic heterocycles. The van der Waals surface area contributed by atoms with Crippen LogP contribution in [0.5, 0.6) is 11.5 Å². The Morgan fingerprint density at radius 1 is 1.15 bits per heavy atom. The number of nitrogens with zero attached hydrogens (tertiary/aromatic N) is 3. The van der Waals surface area contributed by atoms with Gasteiger partial charge in [0.25, 0.3) is 0 Å². The largest absolute Gasteiger partial charge is 0.497 e. The maximum absolute atomic E-state index is 12.9. The summed E-state index contributed by atoms with van der Waals surface area (Å²) in [5.74, 6) is 1.07. The van der Waals surface area contributed by atoms with Crippen LogP contribution in [0.25, 0.3) is 11.1 Å². The van der Waals surface area contributed by atoms with Gasteiger partial charge in [0.1, 0.15) is 22.1 Å². The standard InChI is InChI=1S/C27H27ClN4O5S2/c1-15-6-11-20(28)21(12-15)37-16(2)24-30-31-27(32(24)3)39-14-22(33)29-25-23(26(34)36-5)19(13-38-25)17-7-9-18(35-4)10-8-17/h6-13,16H,14H2,1-5H3,(H,29,33). The monoisotopic (exact) mass is 586 g/mol. The summed E-state index contributed by atoms with van der Waals surface area (Å²) in [6.45, 7) is 3.82. The van der Waals surface area contributed by atoms with Crippen LogP contribution in [-0.2, 0) is 16.6 Å².